The van der Waals surface area contributed by atoms with Crippen LogP contribution in [-0.2, 0) is 26.5 Å². The van der Waals surface area contributed by atoms with Crippen LogP contribution in [0.25, 0.3) is 0 Å². The molecule has 4 atom stereocenters. The fourth-order valence-corrected chi connectivity index (χ4v) is 5.75. The van der Waals surface area contributed by atoms with E-state index < -0.39 is 17.4 Å². The van der Waals surface area contributed by atoms with Crippen LogP contribution in [-0.4, -0.2) is 35.8 Å². The van der Waals surface area contributed by atoms with Gasteiger partial charge in [-0.25, -0.2) is 0 Å². The SMILES string of the molecule is COc1ccc(CN2C(=O)[C@@H]3[C@H](C(C)C)N[C@]4(C(=O)Nc5c4ccc(C)c5C)[C@H]3C2=O)cc1. The number of fused-ring (bicyclic) bond motifs is 4. The second kappa shape index (κ2) is 7.42. The predicted molar refractivity (Wildman–Crippen MR) is 124 cm³/mol. The largest absolute Gasteiger partial charge is 0.497 e. The van der Waals surface area contributed by atoms with Crippen molar-refractivity contribution in [1.82, 2.24) is 10.2 Å². The summed E-state index contributed by atoms with van der Waals surface area (Å²) in [5.74, 6) is -1.35. The van der Waals surface area contributed by atoms with Crippen LogP contribution < -0.4 is 15.4 Å². The molecule has 0 aliphatic carbocycles. The minimum absolute atomic E-state index is 0.0676. The Labute approximate surface area is 193 Å². The average molecular weight is 448 g/mol. The number of imide groups is 1. The maximum absolute atomic E-state index is 13.8. The molecule has 0 radical (unpaired) electrons. The van der Waals surface area contributed by atoms with Crippen molar-refractivity contribution in [3.8, 4) is 5.75 Å². The summed E-state index contributed by atoms with van der Waals surface area (Å²) in [6.45, 7) is 8.18. The summed E-state index contributed by atoms with van der Waals surface area (Å²) < 4.78 is 5.21. The lowest BCUT2D eigenvalue weighted by Crippen LogP contribution is -2.53. The molecule has 2 fully saturated rings. The molecule has 0 bridgehead atoms. The molecular formula is C26H29N3O4. The molecule has 3 amide bonds. The molecule has 0 saturated carbocycles. The summed E-state index contributed by atoms with van der Waals surface area (Å²) in [5.41, 5.74) is 3.16. The van der Waals surface area contributed by atoms with Gasteiger partial charge in [-0.3, -0.25) is 24.6 Å². The third-order valence-corrected chi connectivity index (χ3v) is 7.67. The average Bonchev–Trinajstić information content (AvgIpc) is 3.38. The molecule has 7 heteroatoms. The van der Waals surface area contributed by atoms with Gasteiger partial charge in [0.2, 0.25) is 17.7 Å². The van der Waals surface area contributed by atoms with Crippen LogP contribution in [0.3, 0.4) is 0 Å². The smallest absolute Gasteiger partial charge is 0.250 e. The number of likely N-dealkylation sites (tertiary alicyclic amines) is 1. The van der Waals surface area contributed by atoms with Gasteiger partial charge in [0.05, 0.1) is 25.5 Å². The first-order chi connectivity index (χ1) is 15.7. The fraction of sp³-hybridized carbons (Fsp3) is 0.423. The van der Waals surface area contributed by atoms with Crippen molar-refractivity contribution >= 4 is 23.4 Å². The van der Waals surface area contributed by atoms with Crippen molar-refractivity contribution in [3.05, 3.63) is 58.7 Å². The molecule has 0 unspecified atom stereocenters. The topological polar surface area (TPSA) is 87.7 Å². The predicted octanol–water partition coefficient (Wildman–Crippen LogP) is 2.89. The van der Waals surface area contributed by atoms with E-state index in [4.69, 9.17) is 4.74 Å². The Kier molecular flexibility index (Phi) is 4.86. The molecule has 0 aromatic heterocycles. The first-order valence-electron chi connectivity index (χ1n) is 11.4. The van der Waals surface area contributed by atoms with E-state index in [0.29, 0.717) is 5.75 Å². The lowest BCUT2D eigenvalue weighted by molar-refractivity contribution is -0.143. The molecule has 1 spiro atoms. The summed E-state index contributed by atoms with van der Waals surface area (Å²) in [6.07, 6.45) is 0. The Balaban J connectivity index is 1.59. The van der Waals surface area contributed by atoms with Gasteiger partial charge >= 0.3 is 0 Å². The first kappa shape index (κ1) is 21.6. The standard InChI is InChI=1S/C26H29N3O4/c1-13(2)21-19-20(24(31)29(23(19)30)12-16-7-9-17(33-5)10-8-16)26(28-21)18-11-6-14(3)15(4)22(18)27-25(26)32/h6-11,13,19-21,28H,12H2,1-5H3,(H,27,32)/t19-,20+,21-,26-/m0/s1. The van der Waals surface area contributed by atoms with E-state index in [1.165, 1.54) is 4.90 Å². The zero-order valence-electron chi connectivity index (χ0n) is 19.6. The number of ether oxygens (including phenoxy) is 1. The number of carbonyl (C=O) groups excluding carboxylic acids is 3. The molecule has 3 heterocycles. The van der Waals surface area contributed by atoms with Crippen molar-refractivity contribution < 1.29 is 19.1 Å². The quantitative estimate of drug-likeness (QED) is 0.704. The minimum atomic E-state index is -1.24. The van der Waals surface area contributed by atoms with E-state index >= 15 is 0 Å². The molecule has 2 N–H and O–H groups in total. The Morgan fingerprint density at radius 1 is 1.03 bits per heavy atom. The zero-order valence-corrected chi connectivity index (χ0v) is 19.6. The molecule has 2 aromatic carbocycles. The van der Waals surface area contributed by atoms with Gasteiger partial charge in [-0.05, 0) is 48.6 Å². The number of nitrogens with zero attached hydrogens (tertiary/aromatic N) is 1. The van der Waals surface area contributed by atoms with Crippen LogP contribution in [0.5, 0.6) is 5.75 Å². The van der Waals surface area contributed by atoms with Crippen LogP contribution in [0.15, 0.2) is 36.4 Å². The highest BCUT2D eigenvalue weighted by atomic mass is 16.5. The Morgan fingerprint density at radius 3 is 2.36 bits per heavy atom. The number of anilines is 1. The van der Waals surface area contributed by atoms with Crippen molar-refractivity contribution in [2.75, 3.05) is 12.4 Å². The van der Waals surface area contributed by atoms with Gasteiger partial charge in [0.1, 0.15) is 11.3 Å². The summed E-state index contributed by atoms with van der Waals surface area (Å²) in [6, 6.07) is 10.9. The van der Waals surface area contributed by atoms with E-state index in [9.17, 15) is 14.4 Å². The van der Waals surface area contributed by atoms with Crippen LogP contribution >= 0.6 is 0 Å². The second-order valence-electron chi connectivity index (χ2n) is 9.72. The van der Waals surface area contributed by atoms with E-state index in [0.717, 1.165) is 27.9 Å². The molecule has 33 heavy (non-hydrogen) atoms. The van der Waals surface area contributed by atoms with E-state index in [1.54, 1.807) is 7.11 Å². The number of nitrogens with one attached hydrogen (secondary N) is 2. The number of aryl methyl sites for hydroxylation is 1. The van der Waals surface area contributed by atoms with Crippen LogP contribution in [0.2, 0.25) is 0 Å². The highest BCUT2D eigenvalue weighted by Gasteiger charge is 2.70. The first-order valence-corrected chi connectivity index (χ1v) is 11.4. The Morgan fingerprint density at radius 2 is 1.73 bits per heavy atom. The number of rotatable bonds is 4. The second-order valence-corrected chi connectivity index (χ2v) is 9.72. The number of carbonyl (C=O) groups is 3. The molecule has 3 aliphatic heterocycles. The van der Waals surface area contributed by atoms with Gasteiger partial charge in [0, 0.05) is 17.3 Å². The monoisotopic (exact) mass is 447 g/mol. The molecule has 172 valence electrons. The van der Waals surface area contributed by atoms with Gasteiger partial charge in [-0.15, -0.1) is 0 Å². The highest BCUT2D eigenvalue weighted by Crippen LogP contribution is 2.54. The van der Waals surface area contributed by atoms with Gasteiger partial charge in [-0.1, -0.05) is 38.1 Å². The summed E-state index contributed by atoms with van der Waals surface area (Å²) in [7, 11) is 1.59. The lowest BCUT2D eigenvalue weighted by atomic mass is 9.75. The molecular weight excluding hydrogens is 418 g/mol. The molecule has 2 saturated heterocycles. The summed E-state index contributed by atoms with van der Waals surface area (Å²) in [4.78, 5) is 42.3. The van der Waals surface area contributed by atoms with Gasteiger partial charge in [0.15, 0.2) is 0 Å². The Bertz CT molecular complexity index is 1170. The molecule has 3 aliphatic rings. The normalized spacial score (nSPS) is 28.0. The number of hydrogen-bond acceptors (Lipinski definition) is 5. The van der Waals surface area contributed by atoms with Gasteiger partial charge in [0.25, 0.3) is 0 Å². The fourth-order valence-electron chi connectivity index (χ4n) is 5.75. The molecule has 7 nitrogen and oxygen atoms in total. The molecule has 5 rings (SSSR count). The van der Waals surface area contributed by atoms with Crippen LogP contribution in [0, 0.1) is 31.6 Å². The lowest BCUT2D eigenvalue weighted by Gasteiger charge is -2.30. The number of methoxy groups -OCH3 is 1. The highest BCUT2D eigenvalue weighted by molar-refractivity contribution is 6.15. The molecule has 2 aromatic rings. The Hall–Kier alpha value is -3.19. The number of benzene rings is 2. The van der Waals surface area contributed by atoms with Crippen LogP contribution in [0.1, 0.15) is 36.1 Å². The third kappa shape index (κ3) is 2.88. The maximum Gasteiger partial charge on any atom is 0.250 e. The van der Waals surface area contributed by atoms with Gasteiger partial charge < -0.3 is 10.1 Å². The van der Waals surface area contributed by atoms with Crippen LogP contribution in [0.4, 0.5) is 5.69 Å². The maximum atomic E-state index is 13.8. The third-order valence-electron chi connectivity index (χ3n) is 7.67. The van der Waals surface area contributed by atoms with Crippen molar-refractivity contribution in [1.29, 1.82) is 0 Å². The van der Waals surface area contributed by atoms with Crippen molar-refractivity contribution in [2.45, 2.75) is 45.8 Å². The van der Waals surface area contributed by atoms with Crippen molar-refractivity contribution in [2.24, 2.45) is 17.8 Å². The van der Waals surface area contributed by atoms with E-state index in [-0.39, 0.29) is 36.2 Å². The van der Waals surface area contributed by atoms with E-state index in [1.807, 2.05) is 64.1 Å². The zero-order chi connectivity index (χ0) is 23.7. The summed E-state index contributed by atoms with van der Waals surface area (Å²) in [5, 5.41) is 6.51. The minimum Gasteiger partial charge on any atom is -0.497 e. The van der Waals surface area contributed by atoms with Crippen molar-refractivity contribution in [3.63, 3.8) is 0 Å². The number of hydrogen-bond donors (Lipinski definition) is 2. The van der Waals surface area contributed by atoms with Gasteiger partial charge in [-0.2, -0.15) is 0 Å². The number of amides is 3. The van der Waals surface area contributed by atoms with E-state index in [2.05, 4.69) is 10.6 Å². The summed E-state index contributed by atoms with van der Waals surface area (Å²) >= 11 is 0.